The molecule has 0 spiro atoms. The summed E-state index contributed by atoms with van der Waals surface area (Å²) < 4.78 is 12.8. The van der Waals surface area contributed by atoms with E-state index in [1.807, 2.05) is 0 Å². The lowest BCUT2D eigenvalue weighted by molar-refractivity contribution is 0.622. The summed E-state index contributed by atoms with van der Waals surface area (Å²) in [5, 5.41) is 0. The molecule has 2 heterocycles. The highest BCUT2D eigenvalue weighted by Gasteiger charge is 1.99. The van der Waals surface area contributed by atoms with Crippen molar-refractivity contribution in [1.82, 2.24) is 9.97 Å². The molecule has 0 aromatic carbocycles. The number of pyridine rings is 2. The summed E-state index contributed by atoms with van der Waals surface area (Å²) >= 11 is 0. The van der Waals surface area contributed by atoms with E-state index in [-0.39, 0.29) is 5.43 Å². The average Bonchev–Trinajstić information content (AvgIpc) is 2.18. The molecule has 0 bridgehead atoms. The third-order valence-corrected chi connectivity index (χ3v) is 1.79. The van der Waals surface area contributed by atoms with Crippen LogP contribution in [0.5, 0.6) is 0 Å². The van der Waals surface area contributed by atoms with Gasteiger partial charge in [-0.3, -0.25) is 9.78 Å². The third-order valence-electron chi connectivity index (χ3n) is 1.79. The van der Waals surface area contributed by atoms with Crippen LogP contribution in [-0.2, 0) is 0 Å². The van der Waals surface area contributed by atoms with Crippen LogP contribution in [0.15, 0.2) is 41.6 Å². The second-order valence-electron chi connectivity index (χ2n) is 2.83. The van der Waals surface area contributed by atoms with E-state index < -0.39 is 5.82 Å². The van der Waals surface area contributed by atoms with E-state index >= 15 is 0 Å². The van der Waals surface area contributed by atoms with Crippen LogP contribution in [0, 0.1) is 5.82 Å². The molecular weight excluding hydrogens is 183 g/mol. The maximum absolute atomic E-state index is 12.8. The Morgan fingerprint density at radius 3 is 2.86 bits per heavy atom. The first-order valence-corrected chi connectivity index (χ1v) is 4.05. The van der Waals surface area contributed by atoms with Gasteiger partial charge >= 0.3 is 0 Å². The molecule has 0 aliphatic heterocycles. The predicted octanol–water partition coefficient (Wildman–Crippen LogP) is 1.58. The molecule has 0 amide bonds. The SMILES string of the molecule is O=c1cc[nH]c(-c2cncc(F)c2)c1. The molecule has 0 aliphatic carbocycles. The molecule has 0 unspecified atom stereocenters. The number of halogens is 1. The van der Waals surface area contributed by atoms with Crippen LogP contribution in [0.1, 0.15) is 0 Å². The zero-order chi connectivity index (χ0) is 9.97. The van der Waals surface area contributed by atoms with Gasteiger partial charge in [0.15, 0.2) is 5.43 Å². The molecule has 0 saturated heterocycles. The van der Waals surface area contributed by atoms with Gasteiger partial charge in [-0.1, -0.05) is 0 Å². The fourth-order valence-electron chi connectivity index (χ4n) is 1.17. The second-order valence-corrected chi connectivity index (χ2v) is 2.83. The van der Waals surface area contributed by atoms with Gasteiger partial charge in [0.05, 0.1) is 11.9 Å². The molecule has 4 heteroatoms. The van der Waals surface area contributed by atoms with Gasteiger partial charge in [-0.05, 0) is 6.07 Å². The van der Waals surface area contributed by atoms with Crippen LogP contribution < -0.4 is 5.43 Å². The van der Waals surface area contributed by atoms with Crippen molar-refractivity contribution >= 4 is 0 Å². The highest BCUT2D eigenvalue weighted by molar-refractivity contribution is 5.57. The van der Waals surface area contributed by atoms with Crippen LogP contribution in [0.25, 0.3) is 11.3 Å². The lowest BCUT2D eigenvalue weighted by Gasteiger charge is -1.99. The standard InChI is InChI=1S/C10H7FN2O/c11-8-3-7(5-12-6-8)10-4-9(14)1-2-13-10/h1-6H,(H,13,14). The lowest BCUT2D eigenvalue weighted by atomic mass is 10.2. The van der Waals surface area contributed by atoms with Gasteiger partial charge in [0, 0.05) is 30.1 Å². The number of H-pyrrole nitrogens is 1. The van der Waals surface area contributed by atoms with Gasteiger partial charge in [0.1, 0.15) is 5.82 Å². The highest BCUT2D eigenvalue weighted by atomic mass is 19.1. The topological polar surface area (TPSA) is 45.8 Å². The van der Waals surface area contributed by atoms with Crippen LogP contribution in [-0.4, -0.2) is 9.97 Å². The highest BCUT2D eigenvalue weighted by Crippen LogP contribution is 2.13. The zero-order valence-corrected chi connectivity index (χ0v) is 7.20. The fourth-order valence-corrected chi connectivity index (χ4v) is 1.17. The summed E-state index contributed by atoms with van der Waals surface area (Å²) in [4.78, 5) is 17.6. The van der Waals surface area contributed by atoms with Crippen molar-refractivity contribution < 1.29 is 4.39 Å². The molecule has 0 saturated carbocycles. The number of nitrogens with zero attached hydrogens (tertiary/aromatic N) is 1. The van der Waals surface area contributed by atoms with Gasteiger partial charge in [0.2, 0.25) is 0 Å². The summed E-state index contributed by atoms with van der Waals surface area (Å²) in [5.41, 5.74) is 0.996. The summed E-state index contributed by atoms with van der Waals surface area (Å²) in [6.07, 6.45) is 4.13. The van der Waals surface area contributed by atoms with Gasteiger partial charge in [-0.2, -0.15) is 0 Å². The molecule has 1 N–H and O–H groups in total. The van der Waals surface area contributed by atoms with Crippen molar-refractivity contribution in [2.45, 2.75) is 0 Å². The van der Waals surface area contributed by atoms with Crippen molar-refractivity contribution in [3.63, 3.8) is 0 Å². The second kappa shape index (κ2) is 3.41. The quantitative estimate of drug-likeness (QED) is 0.741. The van der Waals surface area contributed by atoms with Crippen LogP contribution in [0.2, 0.25) is 0 Å². The van der Waals surface area contributed by atoms with Gasteiger partial charge in [-0.15, -0.1) is 0 Å². The summed E-state index contributed by atoms with van der Waals surface area (Å²) in [6.45, 7) is 0. The minimum absolute atomic E-state index is 0.122. The zero-order valence-electron chi connectivity index (χ0n) is 7.20. The minimum Gasteiger partial charge on any atom is -0.361 e. The average molecular weight is 190 g/mol. The largest absolute Gasteiger partial charge is 0.361 e. The maximum Gasteiger partial charge on any atom is 0.182 e. The molecule has 0 fully saturated rings. The van der Waals surface area contributed by atoms with Crippen LogP contribution in [0.4, 0.5) is 4.39 Å². The third kappa shape index (κ3) is 1.69. The Morgan fingerprint density at radius 1 is 1.29 bits per heavy atom. The summed E-state index contributed by atoms with van der Waals surface area (Å²) in [5.74, 6) is -0.424. The summed E-state index contributed by atoms with van der Waals surface area (Å²) in [6, 6.07) is 4.12. The fraction of sp³-hybridized carbons (Fsp3) is 0. The Hall–Kier alpha value is -1.97. The van der Waals surface area contributed by atoms with Gasteiger partial charge in [0.25, 0.3) is 0 Å². The Labute approximate surface area is 79.3 Å². The van der Waals surface area contributed by atoms with Gasteiger partial charge in [-0.25, -0.2) is 4.39 Å². The first-order chi connectivity index (χ1) is 6.75. The van der Waals surface area contributed by atoms with E-state index in [1.165, 1.54) is 30.6 Å². The van der Waals surface area contributed by atoms with E-state index in [2.05, 4.69) is 9.97 Å². The van der Waals surface area contributed by atoms with Crippen molar-refractivity contribution in [2.75, 3.05) is 0 Å². The van der Waals surface area contributed by atoms with E-state index in [4.69, 9.17) is 0 Å². The first-order valence-electron chi connectivity index (χ1n) is 4.05. The molecule has 2 aromatic heterocycles. The first kappa shape index (κ1) is 8.62. The van der Waals surface area contributed by atoms with E-state index in [1.54, 1.807) is 0 Å². The molecule has 3 nitrogen and oxygen atoms in total. The molecule has 2 aromatic rings. The minimum atomic E-state index is -0.424. The number of hydrogen-bond acceptors (Lipinski definition) is 2. The number of rotatable bonds is 1. The predicted molar refractivity (Wildman–Crippen MR) is 50.3 cm³/mol. The van der Waals surface area contributed by atoms with Crippen molar-refractivity contribution in [2.24, 2.45) is 0 Å². The molecule has 2 rings (SSSR count). The lowest BCUT2D eigenvalue weighted by Crippen LogP contribution is -1.98. The van der Waals surface area contributed by atoms with E-state index in [9.17, 15) is 9.18 Å². The Kier molecular flexibility index (Phi) is 2.10. The van der Waals surface area contributed by atoms with Crippen molar-refractivity contribution in [3.8, 4) is 11.3 Å². The molecule has 14 heavy (non-hydrogen) atoms. The van der Waals surface area contributed by atoms with Gasteiger partial charge < -0.3 is 4.98 Å². The number of aromatic amines is 1. The Morgan fingerprint density at radius 2 is 2.14 bits per heavy atom. The van der Waals surface area contributed by atoms with Crippen LogP contribution in [0.3, 0.4) is 0 Å². The molecule has 70 valence electrons. The van der Waals surface area contributed by atoms with E-state index in [0.29, 0.717) is 11.3 Å². The van der Waals surface area contributed by atoms with E-state index in [0.717, 1.165) is 6.20 Å². The summed E-state index contributed by atoms with van der Waals surface area (Å²) in [7, 11) is 0. The van der Waals surface area contributed by atoms with Crippen LogP contribution >= 0.6 is 0 Å². The molecule has 0 aliphatic rings. The maximum atomic E-state index is 12.8. The molecule has 0 radical (unpaired) electrons. The normalized spacial score (nSPS) is 10.1. The Bertz CT molecular complexity index is 507. The monoisotopic (exact) mass is 190 g/mol. The number of aromatic nitrogens is 2. The number of nitrogens with one attached hydrogen (secondary N) is 1. The number of hydrogen-bond donors (Lipinski definition) is 1. The van der Waals surface area contributed by atoms with Crippen molar-refractivity contribution in [1.29, 1.82) is 0 Å². The van der Waals surface area contributed by atoms with Crippen molar-refractivity contribution in [3.05, 3.63) is 52.8 Å². The molecule has 0 atom stereocenters. The Balaban J connectivity index is 2.55. The molecular formula is C10H7FN2O. The smallest absolute Gasteiger partial charge is 0.182 e.